The highest BCUT2D eigenvalue weighted by atomic mass is 16.6. The lowest BCUT2D eigenvalue weighted by Gasteiger charge is -2.12. The lowest BCUT2D eigenvalue weighted by Crippen LogP contribution is -2.14. The Kier molecular flexibility index (Phi) is 3.34. The molecule has 0 N–H and O–H groups in total. The Labute approximate surface area is 87.0 Å². The van der Waals surface area contributed by atoms with E-state index in [1.54, 1.807) is 27.7 Å². The van der Waals surface area contributed by atoms with Crippen molar-refractivity contribution in [2.45, 2.75) is 33.8 Å². The van der Waals surface area contributed by atoms with Crippen molar-refractivity contribution in [2.24, 2.45) is 5.92 Å². The highest BCUT2D eigenvalue weighted by molar-refractivity contribution is 5.71. The van der Waals surface area contributed by atoms with Gasteiger partial charge in [-0.3, -0.25) is 4.79 Å². The molecule has 0 amide bonds. The fraction of sp³-hybridized carbons (Fsp3) is 0.600. The van der Waals surface area contributed by atoms with Crippen LogP contribution in [-0.2, 0) is 9.53 Å². The molecule has 15 heavy (non-hydrogen) atoms. The van der Waals surface area contributed by atoms with Crippen LogP contribution in [0.5, 0.6) is 0 Å². The molecule has 0 aliphatic carbocycles. The molecule has 1 rings (SSSR count). The van der Waals surface area contributed by atoms with Gasteiger partial charge in [0, 0.05) is 0 Å². The van der Waals surface area contributed by atoms with E-state index in [2.05, 4.69) is 4.42 Å². The Morgan fingerprint density at radius 3 is 2.27 bits per heavy atom. The molecular weight excluding hydrogens is 200 g/mol. The Balaban J connectivity index is 2.77. The van der Waals surface area contributed by atoms with Gasteiger partial charge in [-0.2, -0.15) is 0 Å². The first-order valence-corrected chi connectivity index (χ1v) is 4.72. The van der Waals surface area contributed by atoms with Crippen molar-refractivity contribution in [1.29, 1.82) is 0 Å². The molecule has 0 fully saturated rings. The minimum Gasteiger partial charge on any atom is -0.454 e. The third kappa shape index (κ3) is 2.71. The topological polar surface area (TPSA) is 69.7 Å². The van der Waals surface area contributed by atoms with E-state index in [4.69, 9.17) is 9.15 Å². The Morgan fingerprint density at radius 1 is 1.27 bits per heavy atom. The van der Waals surface area contributed by atoms with Gasteiger partial charge in [-0.25, -0.2) is 4.79 Å². The summed E-state index contributed by atoms with van der Waals surface area (Å²) in [6.07, 6.45) is -0.605. The molecule has 1 heterocycles. The number of rotatable bonds is 3. The standard InChI is InChI=1S/C10H14O5/c1-5(2)9(11)13-6(3)8-7(4)14-10(12)15-8/h5-6H,1-4H3. The summed E-state index contributed by atoms with van der Waals surface area (Å²) in [6, 6.07) is 0. The fourth-order valence-corrected chi connectivity index (χ4v) is 1.09. The van der Waals surface area contributed by atoms with E-state index in [-0.39, 0.29) is 17.6 Å². The van der Waals surface area contributed by atoms with Gasteiger partial charge in [0.05, 0.1) is 5.92 Å². The van der Waals surface area contributed by atoms with Crippen LogP contribution in [0.3, 0.4) is 0 Å². The van der Waals surface area contributed by atoms with E-state index in [9.17, 15) is 9.59 Å². The van der Waals surface area contributed by atoms with Crippen LogP contribution in [0.4, 0.5) is 0 Å². The molecule has 84 valence electrons. The highest BCUT2D eigenvalue weighted by Crippen LogP contribution is 2.20. The maximum absolute atomic E-state index is 11.3. The predicted molar refractivity (Wildman–Crippen MR) is 51.3 cm³/mol. The van der Waals surface area contributed by atoms with Gasteiger partial charge in [0.2, 0.25) is 0 Å². The summed E-state index contributed by atoms with van der Waals surface area (Å²) in [5, 5.41) is 0. The Morgan fingerprint density at radius 2 is 1.87 bits per heavy atom. The van der Waals surface area contributed by atoms with Crippen molar-refractivity contribution in [3.8, 4) is 0 Å². The SMILES string of the molecule is Cc1oc(=O)oc1C(C)OC(=O)C(C)C. The van der Waals surface area contributed by atoms with Crippen molar-refractivity contribution in [3.05, 3.63) is 22.1 Å². The van der Waals surface area contributed by atoms with Crippen molar-refractivity contribution in [3.63, 3.8) is 0 Å². The average Bonchev–Trinajstić information content (AvgIpc) is 2.44. The summed E-state index contributed by atoms with van der Waals surface area (Å²) in [5.74, 6) is -0.745. The number of hydrogen-bond acceptors (Lipinski definition) is 5. The summed E-state index contributed by atoms with van der Waals surface area (Å²) in [5.41, 5.74) is 0. The van der Waals surface area contributed by atoms with E-state index >= 15 is 0 Å². The van der Waals surface area contributed by atoms with Gasteiger partial charge in [-0.1, -0.05) is 13.8 Å². The number of esters is 1. The molecule has 5 heteroatoms. The Hall–Kier alpha value is -1.52. The predicted octanol–water partition coefficient (Wildman–Crippen LogP) is 1.80. The molecule has 0 aromatic carbocycles. The quantitative estimate of drug-likeness (QED) is 0.717. The van der Waals surface area contributed by atoms with Crippen LogP contribution in [0, 0.1) is 12.8 Å². The molecule has 1 unspecified atom stereocenters. The van der Waals surface area contributed by atoms with Gasteiger partial charge in [0.1, 0.15) is 0 Å². The number of aryl methyl sites for hydroxylation is 1. The molecule has 0 radical (unpaired) electrons. The minimum atomic E-state index is -0.782. The van der Waals surface area contributed by atoms with Crippen LogP contribution >= 0.6 is 0 Å². The van der Waals surface area contributed by atoms with Crippen molar-refractivity contribution < 1.29 is 18.4 Å². The minimum absolute atomic E-state index is 0.216. The van der Waals surface area contributed by atoms with Crippen molar-refractivity contribution in [1.82, 2.24) is 0 Å². The van der Waals surface area contributed by atoms with Crippen LogP contribution in [0.25, 0.3) is 0 Å². The maximum Gasteiger partial charge on any atom is 0.519 e. The molecule has 1 aromatic heterocycles. The second kappa shape index (κ2) is 4.33. The second-order valence-electron chi connectivity index (χ2n) is 3.61. The molecule has 5 nitrogen and oxygen atoms in total. The number of carbonyl (C=O) groups excluding carboxylic acids is 1. The highest BCUT2D eigenvalue weighted by Gasteiger charge is 2.21. The van der Waals surface area contributed by atoms with Crippen LogP contribution in [-0.4, -0.2) is 5.97 Å². The van der Waals surface area contributed by atoms with Crippen LogP contribution < -0.4 is 5.82 Å². The van der Waals surface area contributed by atoms with Gasteiger partial charge in [0.15, 0.2) is 17.6 Å². The van der Waals surface area contributed by atoms with Crippen LogP contribution in [0.15, 0.2) is 13.6 Å². The molecule has 1 atom stereocenters. The zero-order chi connectivity index (χ0) is 11.6. The van der Waals surface area contributed by atoms with Crippen molar-refractivity contribution >= 4 is 5.97 Å². The largest absolute Gasteiger partial charge is 0.519 e. The Bertz CT molecular complexity index is 398. The smallest absolute Gasteiger partial charge is 0.454 e. The fourth-order valence-electron chi connectivity index (χ4n) is 1.09. The first kappa shape index (κ1) is 11.6. The van der Waals surface area contributed by atoms with Gasteiger partial charge in [-0.15, -0.1) is 0 Å². The normalized spacial score (nSPS) is 12.9. The summed E-state index contributed by atoms with van der Waals surface area (Å²) >= 11 is 0. The number of carbonyl (C=O) groups is 1. The van der Waals surface area contributed by atoms with E-state index < -0.39 is 11.9 Å². The lowest BCUT2D eigenvalue weighted by molar-refractivity contribution is -0.153. The average molecular weight is 214 g/mol. The summed E-state index contributed by atoms with van der Waals surface area (Å²) < 4.78 is 14.5. The van der Waals surface area contributed by atoms with E-state index in [1.165, 1.54) is 0 Å². The molecular formula is C10H14O5. The maximum atomic E-state index is 11.3. The van der Waals surface area contributed by atoms with Crippen molar-refractivity contribution in [2.75, 3.05) is 0 Å². The van der Waals surface area contributed by atoms with Gasteiger partial charge >= 0.3 is 11.8 Å². The third-order valence-corrected chi connectivity index (χ3v) is 1.91. The van der Waals surface area contributed by atoms with E-state index in [1.807, 2.05) is 0 Å². The number of ether oxygens (including phenoxy) is 1. The zero-order valence-electron chi connectivity index (χ0n) is 9.20. The molecule has 1 aromatic rings. The van der Waals surface area contributed by atoms with Crippen LogP contribution in [0.1, 0.15) is 38.4 Å². The first-order chi connectivity index (χ1) is 6.91. The molecule has 0 saturated heterocycles. The monoisotopic (exact) mass is 214 g/mol. The van der Waals surface area contributed by atoms with Gasteiger partial charge < -0.3 is 13.6 Å². The summed E-state index contributed by atoms with van der Waals surface area (Å²) in [4.78, 5) is 22.0. The van der Waals surface area contributed by atoms with Crippen LogP contribution in [0.2, 0.25) is 0 Å². The van der Waals surface area contributed by atoms with E-state index in [0.717, 1.165) is 0 Å². The second-order valence-corrected chi connectivity index (χ2v) is 3.61. The van der Waals surface area contributed by atoms with Gasteiger partial charge in [-0.05, 0) is 13.8 Å². The summed E-state index contributed by atoms with van der Waals surface area (Å²) in [6.45, 7) is 6.67. The number of hydrogen-bond donors (Lipinski definition) is 0. The zero-order valence-corrected chi connectivity index (χ0v) is 9.20. The van der Waals surface area contributed by atoms with Gasteiger partial charge in [0.25, 0.3) is 0 Å². The molecule has 0 bridgehead atoms. The first-order valence-electron chi connectivity index (χ1n) is 4.72. The lowest BCUT2D eigenvalue weighted by atomic mass is 10.2. The molecule has 0 spiro atoms. The summed E-state index contributed by atoms with van der Waals surface area (Å²) in [7, 11) is 0. The molecule has 0 aliphatic rings. The third-order valence-electron chi connectivity index (χ3n) is 1.91. The molecule has 0 aliphatic heterocycles. The van der Waals surface area contributed by atoms with E-state index in [0.29, 0.717) is 5.76 Å². The molecule has 0 saturated carbocycles.